The molecule has 0 heterocycles. The topological polar surface area (TPSA) is 34.1 Å². The number of rotatable bonds is 5. The van der Waals surface area contributed by atoms with Gasteiger partial charge in [-0.2, -0.15) is 0 Å². The van der Waals surface area contributed by atoms with E-state index in [1.807, 2.05) is 20.8 Å². The number of carbonyl (C=O) groups excluding carboxylic acids is 2. The number of carbonyl (C=O) groups is 2. The highest BCUT2D eigenvalue weighted by Crippen LogP contribution is 2.36. The average molecular weight is 313 g/mol. The molecule has 1 aromatic rings. The summed E-state index contributed by atoms with van der Waals surface area (Å²) in [5.41, 5.74) is 0.361. The van der Waals surface area contributed by atoms with Gasteiger partial charge in [0.1, 0.15) is 17.4 Å². The van der Waals surface area contributed by atoms with E-state index in [2.05, 4.69) is 0 Å². The van der Waals surface area contributed by atoms with Crippen LogP contribution < -0.4 is 0 Å². The summed E-state index contributed by atoms with van der Waals surface area (Å²) >= 11 is 6.13. The van der Waals surface area contributed by atoms with E-state index in [9.17, 15) is 14.0 Å². The van der Waals surface area contributed by atoms with Gasteiger partial charge in [0.15, 0.2) is 0 Å². The van der Waals surface area contributed by atoms with Crippen LogP contribution in [0.5, 0.6) is 0 Å². The SMILES string of the molecule is CC(=O)CCC(C(C)=O)c1c(Cl)ccc(C(C)(C)C)c1F. The monoisotopic (exact) mass is 312 g/mol. The second-order valence-corrected chi connectivity index (χ2v) is 6.88. The van der Waals surface area contributed by atoms with Crippen LogP contribution in [0.3, 0.4) is 0 Å². The number of halogens is 2. The lowest BCUT2D eigenvalue weighted by molar-refractivity contribution is -0.119. The van der Waals surface area contributed by atoms with E-state index in [1.165, 1.54) is 13.8 Å². The van der Waals surface area contributed by atoms with Crippen molar-refractivity contribution >= 4 is 23.2 Å². The quantitative estimate of drug-likeness (QED) is 0.781. The molecule has 2 nitrogen and oxygen atoms in total. The minimum Gasteiger partial charge on any atom is -0.300 e. The fraction of sp³-hybridized carbons (Fsp3) is 0.529. The fourth-order valence-electron chi connectivity index (χ4n) is 2.37. The third-order valence-corrected chi connectivity index (χ3v) is 3.89. The molecule has 1 atom stereocenters. The van der Waals surface area contributed by atoms with Gasteiger partial charge in [-0.15, -0.1) is 0 Å². The largest absolute Gasteiger partial charge is 0.300 e. The molecular formula is C17H22ClFO2. The van der Waals surface area contributed by atoms with E-state index in [0.29, 0.717) is 5.56 Å². The Kier molecular flexibility index (Phi) is 5.68. The average Bonchev–Trinajstić information content (AvgIpc) is 2.30. The second-order valence-electron chi connectivity index (χ2n) is 6.48. The lowest BCUT2D eigenvalue weighted by atomic mass is 9.82. The van der Waals surface area contributed by atoms with Crippen molar-refractivity contribution in [2.24, 2.45) is 0 Å². The van der Waals surface area contributed by atoms with Gasteiger partial charge in [0.05, 0.1) is 0 Å². The van der Waals surface area contributed by atoms with Crippen LogP contribution in [-0.2, 0) is 15.0 Å². The van der Waals surface area contributed by atoms with Gasteiger partial charge in [-0.1, -0.05) is 38.4 Å². The van der Waals surface area contributed by atoms with E-state index in [4.69, 9.17) is 11.6 Å². The van der Waals surface area contributed by atoms with Crippen LogP contribution in [0.1, 0.15) is 64.5 Å². The van der Waals surface area contributed by atoms with Crippen LogP contribution in [-0.4, -0.2) is 11.6 Å². The summed E-state index contributed by atoms with van der Waals surface area (Å²) in [5.74, 6) is -1.31. The van der Waals surface area contributed by atoms with Crippen molar-refractivity contribution < 1.29 is 14.0 Å². The normalized spacial score (nSPS) is 13.1. The maximum absolute atomic E-state index is 14.8. The molecular weight excluding hydrogens is 291 g/mol. The molecule has 0 spiro atoms. The molecule has 4 heteroatoms. The Labute approximate surface area is 130 Å². The zero-order valence-corrected chi connectivity index (χ0v) is 14.0. The maximum atomic E-state index is 14.8. The molecule has 0 aliphatic carbocycles. The van der Waals surface area contributed by atoms with E-state index < -0.39 is 11.7 Å². The molecule has 0 aliphatic heterocycles. The first kappa shape index (κ1) is 17.8. The summed E-state index contributed by atoms with van der Waals surface area (Å²) in [7, 11) is 0. The number of hydrogen-bond acceptors (Lipinski definition) is 2. The summed E-state index contributed by atoms with van der Waals surface area (Å²) < 4.78 is 14.8. The summed E-state index contributed by atoms with van der Waals surface area (Å²) in [6.45, 7) is 8.58. The van der Waals surface area contributed by atoms with Crippen molar-refractivity contribution in [3.63, 3.8) is 0 Å². The highest BCUT2D eigenvalue weighted by Gasteiger charge is 2.28. The molecule has 21 heavy (non-hydrogen) atoms. The standard InChI is InChI=1S/C17H22ClFO2/c1-10(20)6-7-12(11(2)21)15-14(18)9-8-13(16(15)19)17(3,4)5/h8-9,12H,6-7H2,1-5H3. The molecule has 0 fully saturated rings. The minimum absolute atomic E-state index is 0.0234. The van der Waals surface area contributed by atoms with Gasteiger partial charge in [-0.25, -0.2) is 4.39 Å². The smallest absolute Gasteiger partial charge is 0.137 e. The Morgan fingerprint density at radius 3 is 2.24 bits per heavy atom. The number of Topliss-reactive ketones (excluding diaryl/α,β-unsaturated/α-hetero) is 2. The van der Waals surface area contributed by atoms with Crippen LogP contribution in [0.4, 0.5) is 4.39 Å². The van der Waals surface area contributed by atoms with Crippen molar-refractivity contribution in [2.75, 3.05) is 0 Å². The van der Waals surface area contributed by atoms with Crippen LogP contribution >= 0.6 is 11.6 Å². The third-order valence-electron chi connectivity index (χ3n) is 3.56. The molecule has 0 aliphatic rings. The van der Waals surface area contributed by atoms with Crippen molar-refractivity contribution in [1.29, 1.82) is 0 Å². The molecule has 0 radical (unpaired) electrons. The summed E-state index contributed by atoms with van der Waals surface area (Å²) in [5, 5.41) is 0.240. The highest BCUT2D eigenvalue weighted by atomic mass is 35.5. The summed E-state index contributed by atoms with van der Waals surface area (Å²) in [6.07, 6.45) is 0.522. The third kappa shape index (κ3) is 4.37. The van der Waals surface area contributed by atoms with Crippen LogP contribution in [0.15, 0.2) is 12.1 Å². The van der Waals surface area contributed by atoms with E-state index in [0.717, 1.165) is 0 Å². The Hall–Kier alpha value is -1.22. The summed E-state index contributed by atoms with van der Waals surface area (Å²) in [6, 6.07) is 3.29. The number of hydrogen-bond donors (Lipinski definition) is 0. The Morgan fingerprint density at radius 2 is 1.81 bits per heavy atom. The first-order valence-electron chi connectivity index (χ1n) is 7.04. The number of ketones is 2. The minimum atomic E-state index is -0.677. The molecule has 0 amide bonds. The highest BCUT2D eigenvalue weighted by molar-refractivity contribution is 6.31. The Morgan fingerprint density at radius 1 is 1.24 bits per heavy atom. The first-order chi connectivity index (χ1) is 9.55. The van der Waals surface area contributed by atoms with Crippen molar-refractivity contribution in [3.05, 3.63) is 34.1 Å². The van der Waals surface area contributed by atoms with Gasteiger partial charge >= 0.3 is 0 Å². The predicted molar refractivity (Wildman–Crippen MR) is 83.4 cm³/mol. The van der Waals surface area contributed by atoms with Crippen LogP contribution in [0.25, 0.3) is 0 Å². The molecule has 0 N–H and O–H groups in total. The van der Waals surface area contributed by atoms with E-state index in [1.54, 1.807) is 12.1 Å². The Balaban J connectivity index is 3.37. The predicted octanol–water partition coefficient (Wildman–Crippen LogP) is 4.82. The number of benzene rings is 1. The molecule has 0 saturated heterocycles. The van der Waals surface area contributed by atoms with Gasteiger partial charge in [0.2, 0.25) is 0 Å². The van der Waals surface area contributed by atoms with Gasteiger partial charge in [0, 0.05) is 22.9 Å². The molecule has 0 aromatic heterocycles. The van der Waals surface area contributed by atoms with E-state index >= 15 is 0 Å². The summed E-state index contributed by atoms with van der Waals surface area (Å²) in [4.78, 5) is 23.0. The lowest BCUT2D eigenvalue weighted by Gasteiger charge is -2.24. The zero-order chi connectivity index (χ0) is 16.4. The van der Waals surface area contributed by atoms with Crippen molar-refractivity contribution in [1.82, 2.24) is 0 Å². The maximum Gasteiger partial charge on any atom is 0.137 e. The molecule has 0 saturated carbocycles. The lowest BCUT2D eigenvalue weighted by Crippen LogP contribution is -2.19. The molecule has 1 unspecified atom stereocenters. The first-order valence-corrected chi connectivity index (χ1v) is 7.41. The second kappa shape index (κ2) is 6.69. The van der Waals surface area contributed by atoms with E-state index in [-0.39, 0.29) is 40.4 Å². The van der Waals surface area contributed by atoms with Gasteiger partial charge in [0.25, 0.3) is 0 Å². The molecule has 116 valence electrons. The van der Waals surface area contributed by atoms with Gasteiger partial charge < -0.3 is 4.79 Å². The molecule has 1 aromatic carbocycles. The van der Waals surface area contributed by atoms with Crippen LogP contribution in [0, 0.1) is 5.82 Å². The zero-order valence-electron chi connectivity index (χ0n) is 13.2. The van der Waals surface area contributed by atoms with Gasteiger partial charge in [-0.3, -0.25) is 4.79 Å². The van der Waals surface area contributed by atoms with Gasteiger partial charge in [-0.05, 0) is 37.3 Å². The molecule has 0 bridgehead atoms. The molecule has 1 rings (SSSR count). The Bertz CT molecular complexity index is 559. The van der Waals surface area contributed by atoms with Crippen molar-refractivity contribution in [2.45, 2.75) is 58.8 Å². The fourth-order valence-corrected chi connectivity index (χ4v) is 2.64. The van der Waals surface area contributed by atoms with Crippen LogP contribution in [0.2, 0.25) is 5.02 Å². The van der Waals surface area contributed by atoms with Crippen molar-refractivity contribution in [3.8, 4) is 0 Å².